The van der Waals surface area contributed by atoms with Crippen LogP contribution in [0.25, 0.3) is 0 Å². The van der Waals surface area contributed by atoms with E-state index in [1.54, 1.807) is 6.92 Å². The highest BCUT2D eigenvalue weighted by atomic mass is 35.5. The van der Waals surface area contributed by atoms with Crippen molar-refractivity contribution < 1.29 is 46.1 Å². The fourth-order valence-corrected chi connectivity index (χ4v) is 6.72. The number of rotatable bonds is 12. The van der Waals surface area contributed by atoms with Crippen LogP contribution in [0.3, 0.4) is 0 Å². The number of unbranched alkanes of at least 4 members (excludes halogenated alkanes) is 1. The van der Waals surface area contributed by atoms with Gasteiger partial charge in [0.1, 0.15) is 16.2 Å². The normalized spacial score (nSPS) is 21.4. The highest BCUT2D eigenvalue weighted by Crippen LogP contribution is 2.56. The number of hydrogen-bond acceptors (Lipinski definition) is 8. The molecule has 1 aromatic carbocycles. The smallest absolute Gasteiger partial charge is 0.417 e. The summed E-state index contributed by atoms with van der Waals surface area (Å²) in [6.45, 7) is 3.59. The van der Waals surface area contributed by atoms with Crippen molar-refractivity contribution in [1.29, 1.82) is 0 Å². The van der Waals surface area contributed by atoms with Crippen molar-refractivity contribution >= 4 is 39.0 Å². The number of aliphatic carboxylic acids is 1. The second kappa shape index (κ2) is 11.2. The second-order valence-corrected chi connectivity index (χ2v) is 12.9. The first kappa shape index (κ1) is 31.2. The lowest BCUT2D eigenvalue weighted by Gasteiger charge is -2.37. The van der Waals surface area contributed by atoms with Crippen molar-refractivity contribution in [3.63, 3.8) is 0 Å². The second-order valence-electron chi connectivity index (χ2n) is 10.7. The number of alkyl halides is 3. The van der Waals surface area contributed by atoms with E-state index in [9.17, 15) is 31.5 Å². The van der Waals surface area contributed by atoms with Crippen LogP contribution in [0.2, 0.25) is 5.15 Å². The number of carbonyl (C=O) groups is 1. The lowest BCUT2D eigenvalue weighted by Crippen LogP contribution is -2.47. The molecule has 0 saturated heterocycles. The van der Waals surface area contributed by atoms with Gasteiger partial charge in [0.05, 0.1) is 12.2 Å². The van der Waals surface area contributed by atoms with Crippen molar-refractivity contribution in [2.24, 2.45) is 5.92 Å². The summed E-state index contributed by atoms with van der Waals surface area (Å²) in [5.74, 6) is -0.695. The van der Waals surface area contributed by atoms with Gasteiger partial charge in [-0.15, -0.1) is 0 Å². The molecular formula is C25H32ClF3N4O7S. The number of carboxylic acid groups (broad SMARTS) is 1. The molecule has 228 valence electrons. The van der Waals surface area contributed by atoms with Crippen LogP contribution in [0.4, 0.5) is 24.5 Å². The van der Waals surface area contributed by atoms with E-state index in [1.165, 1.54) is 29.1 Å². The van der Waals surface area contributed by atoms with E-state index in [1.807, 2.05) is 0 Å². The van der Waals surface area contributed by atoms with Gasteiger partial charge in [-0.25, -0.2) is 8.42 Å². The lowest BCUT2D eigenvalue weighted by molar-refractivity contribution is -0.298. The molecule has 3 N–H and O–H groups in total. The molecule has 0 amide bonds. The van der Waals surface area contributed by atoms with Crippen LogP contribution in [-0.2, 0) is 26.1 Å². The van der Waals surface area contributed by atoms with E-state index in [4.69, 9.17) is 26.2 Å². The van der Waals surface area contributed by atoms with Gasteiger partial charge in [-0.3, -0.25) is 13.8 Å². The summed E-state index contributed by atoms with van der Waals surface area (Å²) in [6.07, 6.45) is -3.17. The lowest BCUT2D eigenvalue weighted by atomic mass is 10.1. The first-order valence-electron chi connectivity index (χ1n) is 13.0. The summed E-state index contributed by atoms with van der Waals surface area (Å²) in [7, 11) is -4.29. The third-order valence-corrected chi connectivity index (χ3v) is 9.43. The fourth-order valence-electron chi connectivity index (χ4n) is 4.74. The Morgan fingerprint density at radius 3 is 2.66 bits per heavy atom. The number of aromatic nitrogens is 2. The summed E-state index contributed by atoms with van der Waals surface area (Å²) in [4.78, 5) is 10.6. The number of benzene rings is 1. The van der Waals surface area contributed by atoms with Crippen LogP contribution in [0, 0.1) is 5.92 Å². The molecule has 2 aromatic rings. The van der Waals surface area contributed by atoms with Crippen molar-refractivity contribution in [3.8, 4) is 5.75 Å². The molecule has 0 bridgehead atoms. The molecule has 1 aliphatic heterocycles. The van der Waals surface area contributed by atoms with Crippen LogP contribution < -0.4 is 14.4 Å². The Morgan fingerprint density at radius 2 is 2.05 bits per heavy atom. The first-order chi connectivity index (χ1) is 19.0. The monoisotopic (exact) mass is 624 g/mol. The van der Waals surface area contributed by atoms with E-state index >= 15 is 0 Å². The summed E-state index contributed by atoms with van der Waals surface area (Å²) in [5, 5.41) is 25.3. The van der Waals surface area contributed by atoms with Crippen LogP contribution in [0.1, 0.15) is 52.9 Å². The molecule has 3 atom stereocenters. The maximum atomic E-state index is 13.9. The number of aliphatic hydroxyl groups excluding tert-OH is 1. The number of nitrogens with one attached hydrogen (secondary N) is 1. The number of sulfonamides is 1. The van der Waals surface area contributed by atoms with Gasteiger partial charge < -0.3 is 25.0 Å². The van der Waals surface area contributed by atoms with Crippen LogP contribution >= 0.6 is 11.6 Å². The van der Waals surface area contributed by atoms with Gasteiger partial charge in [0, 0.05) is 30.8 Å². The Hall–Kier alpha value is -2.75. The number of carboxylic acids is 1. The number of aryl methyl sites for hydroxylation is 1. The summed E-state index contributed by atoms with van der Waals surface area (Å²) >= 11 is 6.21. The van der Waals surface area contributed by atoms with Gasteiger partial charge >= 0.3 is 12.1 Å². The molecule has 1 unspecified atom stereocenters. The number of fused-ring (bicyclic) bond motifs is 1. The van der Waals surface area contributed by atoms with Crippen LogP contribution in [-0.4, -0.2) is 64.7 Å². The third kappa shape index (κ3) is 6.52. The Morgan fingerprint density at radius 1 is 1.34 bits per heavy atom. The topological polar surface area (TPSA) is 143 Å². The van der Waals surface area contributed by atoms with Gasteiger partial charge in [0.2, 0.25) is 6.41 Å². The molecule has 1 saturated carbocycles. The van der Waals surface area contributed by atoms with Crippen molar-refractivity contribution in [3.05, 3.63) is 29.5 Å². The number of halogens is 4. The zero-order valence-electron chi connectivity index (χ0n) is 22.6. The predicted molar refractivity (Wildman–Crippen MR) is 142 cm³/mol. The third-order valence-electron chi connectivity index (χ3n) is 7.28. The van der Waals surface area contributed by atoms with Gasteiger partial charge in [-0.1, -0.05) is 18.0 Å². The number of anilines is 2. The largest absolute Gasteiger partial charge is 0.483 e. The minimum atomic E-state index is -4.75. The zero-order chi connectivity index (χ0) is 30.4. The van der Waals surface area contributed by atoms with Crippen molar-refractivity contribution in [1.82, 2.24) is 9.78 Å². The Kier molecular flexibility index (Phi) is 8.48. The highest BCUT2D eigenvalue weighted by Gasteiger charge is 2.61. The van der Waals surface area contributed by atoms with E-state index in [0.717, 1.165) is 18.2 Å². The summed E-state index contributed by atoms with van der Waals surface area (Å²) in [5.41, 5.74) is -3.35. The van der Waals surface area contributed by atoms with Crippen molar-refractivity contribution in [2.75, 3.05) is 16.2 Å². The van der Waals surface area contributed by atoms with Crippen LogP contribution in [0.5, 0.6) is 5.75 Å². The quantitative estimate of drug-likeness (QED) is 0.228. The summed E-state index contributed by atoms with van der Waals surface area (Å²) in [6, 6.07) is 4.21. The van der Waals surface area contributed by atoms with Crippen molar-refractivity contribution in [2.45, 2.75) is 88.1 Å². The number of aliphatic hydroxyl groups is 1. The minimum absolute atomic E-state index is 0.0198. The Balaban J connectivity index is 1.63. The average Bonchev–Trinajstić information content (AvgIpc) is 3.35. The molecule has 1 fully saturated rings. The fraction of sp³-hybridized carbons (Fsp3) is 0.600. The standard InChI is InChI=1S/C25H32ClF3N4O7S/c1-4-32-13-19(21(26)31-32)41(37,38)33-14-24(12-15(24)7-5-6-8-20(34)35)39-18-10-9-16(11-17(18)33)30-22(36)40-23(2,3)25(27,28)29/h9-11,13,15,22,30,36H,4-8,12,14H2,1-3H3,(H,34,35)/t15-,22?,24+/m0/s1. The Bertz CT molecular complexity index is 1400. The van der Waals surface area contributed by atoms with Gasteiger partial charge in [-0.2, -0.15) is 18.3 Å². The van der Waals surface area contributed by atoms with E-state index in [-0.39, 0.29) is 46.1 Å². The molecule has 2 heterocycles. The highest BCUT2D eigenvalue weighted by molar-refractivity contribution is 7.93. The van der Waals surface area contributed by atoms with Gasteiger partial charge in [-0.05, 0) is 58.2 Å². The van der Waals surface area contributed by atoms with E-state index < -0.39 is 39.8 Å². The van der Waals surface area contributed by atoms with Gasteiger partial charge in [0.15, 0.2) is 10.8 Å². The molecular weight excluding hydrogens is 593 g/mol. The molecule has 1 aromatic heterocycles. The number of hydrogen-bond donors (Lipinski definition) is 3. The predicted octanol–water partition coefficient (Wildman–Crippen LogP) is 4.59. The first-order valence-corrected chi connectivity index (χ1v) is 14.8. The number of nitrogens with zero attached hydrogens (tertiary/aromatic N) is 3. The molecule has 41 heavy (non-hydrogen) atoms. The molecule has 1 spiro atoms. The molecule has 2 aliphatic rings. The van der Waals surface area contributed by atoms with E-state index in [2.05, 4.69) is 10.4 Å². The van der Waals surface area contributed by atoms with Crippen LogP contribution in [0.15, 0.2) is 29.3 Å². The molecule has 1 aliphatic carbocycles. The summed E-state index contributed by atoms with van der Waals surface area (Å²) < 4.78 is 81.0. The SMILES string of the molecule is CCn1cc(S(=O)(=O)N2C[C@@]3(C[C@@H]3CCCCC(=O)O)Oc3ccc(NC(O)OC(C)(C)C(F)(F)F)cc32)c(Cl)n1. The van der Waals surface area contributed by atoms with Gasteiger partial charge in [0.25, 0.3) is 10.0 Å². The maximum absolute atomic E-state index is 13.9. The maximum Gasteiger partial charge on any atom is 0.417 e. The molecule has 16 heteroatoms. The molecule has 4 rings (SSSR count). The molecule has 0 radical (unpaired) electrons. The zero-order valence-corrected chi connectivity index (χ0v) is 24.2. The molecule has 11 nitrogen and oxygen atoms in total. The minimum Gasteiger partial charge on any atom is -0.483 e. The Labute approximate surface area is 240 Å². The average molecular weight is 625 g/mol. The number of ether oxygens (including phenoxy) is 2. The van der Waals surface area contributed by atoms with E-state index in [0.29, 0.717) is 32.2 Å².